The quantitative estimate of drug-likeness (QED) is 0.552. The molecule has 2 atom stereocenters. The summed E-state index contributed by atoms with van der Waals surface area (Å²) in [5, 5.41) is 3.05. The van der Waals surface area contributed by atoms with Gasteiger partial charge < -0.3 is 10.2 Å². The van der Waals surface area contributed by atoms with Crippen LogP contribution in [0.3, 0.4) is 0 Å². The van der Waals surface area contributed by atoms with Gasteiger partial charge in [0.15, 0.2) is 0 Å². The van der Waals surface area contributed by atoms with Crippen LogP contribution in [0.5, 0.6) is 0 Å². The van der Waals surface area contributed by atoms with E-state index in [0.717, 1.165) is 54.8 Å². The number of nitrogens with zero attached hydrogens (tertiary/aromatic N) is 2. The summed E-state index contributed by atoms with van der Waals surface area (Å²) >= 11 is 1.45. The van der Waals surface area contributed by atoms with Crippen molar-refractivity contribution in [2.24, 2.45) is 11.8 Å². The van der Waals surface area contributed by atoms with Crippen LogP contribution >= 0.6 is 11.8 Å². The molecule has 0 saturated carbocycles. The van der Waals surface area contributed by atoms with Gasteiger partial charge >= 0.3 is 0 Å². The van der Waals surface area contributed by atoms with Crippen molar-refractivity contribution in [3.63, 3.8) is 0 Å². The molecule has 0 spiro atoms. The number of benzene rings is 2. The van der Waals surface area contributed by atoms with Crippen LogP contribution in [-0.4, -0.2) is 53.5 Å². The van der Waals surface area contributed by atoms with Gasteiger partial charge in [-0.15, -0.1) is 11.8 Å². The molecular formula is C28H37N3O2S. The predicted molar refractivity (Wildman–Crippen MR) is 139 cm³/mol. The summed E-state index contributed by atoms with van der Waals surface area (Å²) in [4.78, 5) is 30.6. The molecule has 2 aliphatic heterocycles. The van der Waals surface area contributed by atoms with Crippen LogP contribution in [-0.2, 0) is 17.9 Å². The maximum atomic E-state index is 12.9. The highest BCUT2D eigenvalue weighted by atomic mass is 32.2. The number of hydrogen-bond acceptors (Lipinski definition) is 4. The summed E-state index contributed by atoms with van der Waals surface area (Å²) in [5.74, 6) is 1.96. The van der Waals surface area contributed by atoms with E-state index in [9.17, 15) is 9.59 Å². The normalized spacial score (nSPS) is 20.9. The van der Waals surface area contributed by atoms with Crippen LogP contribution in [0, 0.1) is 11.8 Å². The molecule has 0 radical (unpaired) electrons. The summed E-state index contributed by atoms with van der Waals surface area (Å²) in [6.07, 6.45) is 3.51. The van der Waals surface area contributed by atoms with E-state index in [0.29, 0.717) is 17.9 Å². The number of thioether (sulfide) groups is 1. The number of carbonyl (C=O) groups excluding carboxylic acids is 2. The molecule has 2 aliphatic rings. The predicted octanol–water partition coefficient (Wildman–Crippen LogP) is 4.81. The highest BCUT2D eigenvalue weighted by Gasteiger charge is 2.22. The summed E-state index contributed by atoms with van der Waals surface area (Å²) < 4.78 is 0. The van der Waals surface area contributed by atoms with Crippen LogP contribution in [0.4, 0.5) is 0 Å². The number of amides is 2. The molecule has 0 aliphatic carbocycles. The monoisotopic (exact) mass is 479 g/mol. The van der Waals surface area contributed by atoms with Crippen molar-refractivity contribution in [3.05, 3.63) is 65.2 Å². The minimum Gasteiger partial charge on any atom is -0.348 e. The summed E-state index contributed by atoms with van der Waals surface area (Å²) in [6, 6.07) is 16.1. The van der Waals surface area contributed by atoms with Crippen LogP contribution in [0.15, 0.2) is 53.4 Å². The number of likely N-dealkylation sites (tertiary alicyclic amines) is 2. The maximum absolute atomic E-state index is 12.9. The Labute approximate surface area is 208 Å². The molecule has 5 nitrogen and oxygen atoms in total. The minimum absolute atomic E-state index is 0.0999. The Bertz CT molecular complexity index is 962. The van der Waals surface area contributed by atoms with E-state index >= 15 is 0 Å². The van der Waals surface area contributed by atoms with E-state index < -0.39 is 0 Å². The maximum Gasteiger partial charge on any atom is 0.252 e. The van der Waals surface area contributed by atoms with E-state index in [2.05, 4.69) is 48.3 Å². The fourth-order valence-electron chi connectivity index (χ4n) is 5.20. The van der Waals surface area contributed by atoms with Gasteiger partial charge in [-0.05, 0) is 54.4 Å². The van der Waals surface area contributed by atoms with Crippen molar-refractivity contribution in [1.82, 2.24) is 15.1 Å². The first-order chi connectivity index (χ1) is 16.5. The van der Waals surface area contributed by atoms with E-state index in [1.165, 1.54) is 36.8 Å². The highest BCUT2D eigenvalue weighted by molar-refractivity contribution is 8.00. The molecule has 2 aromatic carbocycles. The third-order valence-corrected chi connectivity index (χ3v) is 7.83. The summed E-state index contributed by atoms with van der Waals surface area (Å²) in [6.45, 7) is 10.2. The van der Waals surface area contributed by atoms with Crippen LogP contribution in [0.2, 0.25) is 0 Å². The Morgan fingerprint density at radius 3 is 2.29 bits per heavy atom. The molecule has 0 bridgehead atoms. The molecule has 4 rings (SSSR count). The van der Waals surface area contributed by atoms with Gasteiger partial charge in [-0.1, -0.05) is 50.2 Å². The molecular weight excluding hydrogens is 442 g/mol. The zero-order valence-corrected chi connectivity index (χ0v) is 21.3. The van der Waals surface area contributed by atoms with Crippen molar-refractivity contribution in [1.29, 1.82) is 0 Å². The molecule has 2 saturated heterocycles. The molecule has 0 unspecified atom stereocenters. The topological polar surface area (TPSA) is 52.7 Å². The lowest BCUT2D eigenvalue weighted by Crippen LogP contribution is -2.38. The molecule has 6 heteroatoms. The zero-order chi connectivity index (χ0) is 23.9. The zero-order valence-electron chi connectivity index (χ0n) is 20.5. The molecule has 2 aromatic rings. The number of hydrogen-bond donors (Lipinski definition) is 1. The van der Waals surface area contributed by atoms with Crippen molar-refractivity contribution in [2.75, 3.05) is 31.9 Å². The lowest BCUT2D eigenvalue weighted by Gasteiger charge is -2.35. The van der Waals surface area contributed by atoms with Gasteiger partial charge in [0.25, 0.3) is 5.91 Å². The fourth-order valence-corrected chi connectivity index (χ4v) is 6.15. The standard InChI is InChI=1S/C28H37N3O2S/c1-21-15-22(2)18-30(17-21)19-24-11-9-23(10-12-24)16-29-28(33)25-7-3-4-8-26(25)34-20-27(32)31-13-5-6-14-31/h3-4,7-12,21-22H,5-6,13-20H2,1-2H3,(H,29,33)/t21-,22-/m1/s1. The van der Waals surface area contributed by atoms with Crippen LogP contribution < -0.4 is 5.32 Å². The number of nitrogens with one attached hydrogen (secondary N) is 1. The Kier molecular flexibility index (Phi) is 8.68. The second kappa shape index (κ2) is 11.9. The van der Waals surface area contributed by atoms with Gasteiger partial charge in [0.05, 0.1) is 11.3 Å². The number of carbonyl (C=O) groups is 2. The Morgan fingerprint density at radius 1 is 0.941 bits per heavy atom. The van der Waals surface area contributed by atoms with E-state index in [1.54, 1.807) is 0 Å². The molecule has 1 N–H and O–H groups in total. The first kappa shape index (κ1) is 24.8. The Hall–Kier alpha value is -2.31. The second-order valence-electron chi connectivity index (χ2n) is 10.0. The molecule has 0 aromatic heterocycles. The molecule has 2 amide bonds. The van der Waals surface area contributed by atoms with Gasteiger partial charge in [0.2, 0.25) is 5.91 Å². The van der Waals surface area contributed by atoms with Gasteiger partial charge in [-0.3, -0.25) is 14.5 Å². The average Bonchev–Trinajstić information content (AvgIpc) is 3.37. The SMILES string of the molecule is C[C@@H]1C[C@@H](C)CN(Cc2ccc(CNC(=O)c3ccccc3SCC(=O)N3CCCC3)cc2)C1. The van der Waals surface area contributed by atoms with Crippen molar-refractivity contribution in [3.8, 4) is 0 Å². The molecule has 2 heterocycles. The Morgan fingerprint density at radius 2 is 1.59 bits per heavy atom. The first-order valence-corrected chi connectivity index (χ1v) is 13.5. The second-order valence-corrected chi connectivity index (χ2v) is 11.0. The lowest BCUT2D eigenvalue weighted by atomic mass is 9.91. The first-order valence-electron chi connectivity index (χ1n) is 12.6. The van der Waals surface area contributed by atoms with Crippen molar-refractivity contribution < 1.29 is 9.59 Å². The summed E-state index contributed by atoms with van der Waals surface area (Å²) in [7, 11) is 0. The smallest absolute Gasteiger partial charge is 0.252 e. The van der Waals surface area contributed by atoms with Crippen LogP contribution in [0.25, 0.3) is 0 Å². The van der Waals surface area contributed by atoms with Gasteiger partial charge in [0.1, 0.15) is 0 Å². The largest absolute Gasteiger partial charge is 0.348 e. The highest BCUT2D eigenvalue weighted by Crippen LogP contribution is 2.24. The van der Waals surface area contributed by atoms with E-state index in [4.69, 9.17) is 0 Å². The van der Waals surface area contributed by atoms with E-state index in [1.807, 2.05) is 29.2 Å². The summed E-state index contributed by atoms with van der Waals surface area (Å²) in [5.41, 5.74) is 3.04. The molecule has 182 valence electrons. The van der Waals surface area contributed by atoms with Crippen LogP contribution in [0.1, 0.15) is 54.6 Å². The van der Waals surface area contributed by atoms with Gasteiger partial charge in [-0.2, -0.15) is 0 Å². The molecule has 2 fully saturated rings. The fraction of sp³-hybridized carbons (Fsp3) is 0.500. The number of piperidine rings is 1. The number of rotatable bonds is 8. The molecule has 34 heavy (non-hydrogen) atoms. The van der Waals surface area contributed by atoms with Crippen molar-refractivity contribution >= 4 is 23.6 Å². The van der Waals surface area contributed by atoms with E-state index in [-0.39, 0.29) is 11.8 Å². The van der Waals surface area contributed by atoms with Crippen molar-refractivity contribution in [2.45, 2.75) is 51.1 Å². The average molecular weight is 480 g/mol. The minimum atomic E-state index is -0.0999. The van der Waals surface area contributed by atoms with Gasteiger partial charge in [0, 0.05) is 44.2 Å². The Balaban J connectivity index is 1.28. The van der Waals surface area contributed by atoms with Gasteiger partial charge in [-0.25, -0.2) is 0 Å². The third kappa shape index (κ3) is 6.86. The lowest BCUT2D eigenvalue weighted by molar-refractivity contribution is -0.127. The third-order valence-electron chi connectivity index (χ3n) is 6.77.